The summed E-state index contributed by atoms with van der Waals surface area (Å²) in [5.41, 5.74) is 0.832. The summed E-state index contributed by atoms with van der Waals surface area (Å²) in [5, 5.41) is 1.83. The minimum absolute atomic E-state index is 0.120. The molecule has 100 valence electrons. The second kappa shape index (κ2) is 5.84. The molecule has 0 aliphatic heterocycles. The summed E-state index contributed by atoms with van der Waals surface area (Å²) in [5.74, 6) is -6.82. The fourth-order valence-corrected chi connectivity index (χ4v) is 1.36. The van der Waals surface area contributed by atoms with Crippen molar-refractivity contribution in [1.29, 1.82) is 0 Å². The zero-order valence-corrected chi connectivity index (χ0v) is 9.67. The molecule has 1 atom stereocenters. The normalized spacial score (nSPS) is 13.4. The Kier molecular flexibility index (Phi) is 4.69. The van der Waals surface area contributed by atoms with E-state index in [2.05, 4.69) is 0 Å². The van der Waals surface area contributed by atoms with Gasteiger partial charge in [-0.2, -0.15) is 8.78 Å². The van der Waals surface area contributed by atoms with Crippen LogP contribution in [0.1, 0.15) is 18.4 Å². The number of amides is 1. The van der Waals surface area contributed by atoms with Crippen LogP contribution in [0.5, 0.6) is 0 Å². The molecule has 1 unspecified atom stereocenters. The summed E-state index contributed by atoms with van der Waals surface area (Å²) in [6.45, 7) is 1.58. The molecule has 0 bridgehead atoms. The first kappa shape index (κ1) is 14.5. The van der Waals surface area contributed by atoms with Crippen LogP contribution in [0.4, 0.5) is 17.6 Å². The van der Waals surface area contributed by atoms with Crippen LogP contribution in [-0.4, -0.2) is 24.8 Å². The third-order valence-electron chi connectivity index (χ3n) is 2.51. The van der Waals surface area contributed by atoms with Crippen molar-refractivity contribution in [2.45, 2.75) is 25.2 Å². The average molecular weight is 263 g/mol. The van der Waals surface area contributed by atoms with Gasteiger partial charge in [0.05, 0.1) is 0 Å². The zero-order chi connectivity index (χ0) is 13.8. The zero-order valence-electron chi connectivity index (χ0n) is 9.67. The van der Waals surface area contributed by atoms with Crippen molar-refractivity contribution in [2.75, 3.05) is 6.54 Å². The van der Waals surface area contributed by atoms with E-state index in [-0.39, 0.29) is 12.5 Å². The smallest absolute Gasteiger partial charge is 0.350 e. The fourth-order valence-electron chi connectivity index (χ4n) is 1.36. The first-order valence-corrected chi connectivity index (χ1v) is 5.35. The Morgan fingerprint density at radius 2 is 1.83 bits per heavy atom. The minimum atomic E-state index is -4.64. The van der Waals surface area contributed by atoms with Crippen LogP contribution < -0.4 is 5.32 Å². The van der Waals surface area contributed by atoms with Gasteiger partial charge in [-0.1, -0.05) is 37.3 Å². The number of benzene rings is 1. The highest BCUT2D eigenvalue weighted by Crippen LogP contribution is 2.23. The molecule has 0 radical (unpaired) electrons. The molecule has 0 saturated heterocycles. The maximum Gasteiger partial charge on any atom is 0.383 e. The number of hydrogen-bond acceptors (Lipinski definition) is 1. The van der Waals surface area contributed by atoms with Crippen molar-refractivity contribution in [2.24, 2.45) is 0 Å². The molecule has 0 saturated carbocycles. The first-order chi connectivity index (χ1) is 8.35. The molecule has 1 aromatic carbocycles. The minimum Gasteiger partial charge on any atom is -0.350 e. The van der Waals surface area contributed by atoms with Crippen LogP contribution in [0.15, 0.2) is 30.3 Å². The molecule has 0 spiro atoms. The van der Waals surface area contributed by atoms with E-state index in [1.54, 1.807) is 37.3 Å². The van der Waals surface area contributed by atoms with Crippen molar-refractivity contribution in [3.8, 4) is 0 Å². The lowest BCUT2D eigenvalue weighted by atomic mass is 10.0. The van der Waals surface area contributed by atoms with Crippen LogP contribution in [0.25, 0.3) is 0 Å². The monoisotopic (exact) mass is 263 g/mol. The molecular formula is C12H13F4NO. The third kappa shape index (κ3) is 3.45. The summed E-state index contributed by atoms with van der Waals surface area (Å²) in [6, 6.07) is 8.85. The fraction of sp³-hybridized carbons (Fsp3) is 0.417. The SMILES string of the molecule is CC(CNC(=O)C(F)(F)C(F)F)c1ccccc1. The molecule has 0 aliphatic rings. The molecule has 0 aromatic heterocycles. The maximum atomic E-state index is 12.6. The van der Waals surface area contributed by atoms with Gasteiger partial charge in [-0.15, -0.1) is 0 Å². The maximum absolute atomic E-state index is 12.6. The first-order valence-electron chi connectivity index (χ1n) is 5.35. The van der Waals surface area contributed by atoms with E-state index in [9.17, 15) is 22.4 Å². The van der Waals surface area contributed by atoms with E-state index < -0.39 is 18.3 Å². The van der Waals surface area contributed by atoms with Gasteiger partial charge in [0.15, 0.2) is 0 Å². The predicted octanol–water partition coefficient (Wildman–Crippen LogP) is 2.81. The number of hydrogen-bond donors (Lipinski definition) is 1. The molecule has 1 amide bonds. The summed E-state index contributed by atoms with van der Waals surface area (Å²) in [7, 11) is 0. The summed E-state index contributed by atoms with van der Waals surface area (Å²) >= 11 is 0. The Hall–Kier alpha value is -1.59. The number of carbonyl (C=O) groups excluding carboxylic acids is 1. The molecule has 0 fully saturated rings. The standard InChI is InChI=1S/C12H13F4NO/c1-8(9-5-3-2-4-6-9)7-17-11(18)12(15,16)10(13)14/h2-6,8,10H,7H2,1H3,(H,17,18). The Morgan fingerprint density at radius 3 is 2.33 bits per heavy atom. The largest absolute Gasteiger partial charge is 0.383 e. The molecule has 0 aliphatic carbocycles. The Balaban J connectivity index is 2.54. The molecule has 18 heavy (non-hydrogen) atoms. The Bertz CT molecular complexity index is 394. The summed E-state index contributed by atoms with van der Waals surface area (Å²) in [6.07, 6.45) is -4.00. The van der Waals surface area contributed by atoms with E-state index in [0.717, 1.165) is 5.56 Å². The molecule has 1 N–H and O–H groups in total. The third-order valence-corrected chi connectivity index (χ3v) is 2.51. The second-order valence-corrected chi connectivity index (χ2v) is 3.95. The van der Waals surface area contributed by atoms with E-state index >= 15 is 0 Å². The van der Waals surface area contributed by atoms with Crippen molar-refractivity contribution in [1.82, 2.24) is 5.32 Å². The number of alkyl halides is 4. The van der Waals surface area contributed by atoms with Crippen molar-refractivity contribution in [3.63, 3.8) is 0 Å². The van der Waals surface area contributed by atoms with E-state index in [1.165, 1.54) is 0 Å². The van der Waals surface area contributed by atoms with Gasteiger partial charge in [-0.25, -0.2) is 8.78 Å². The van der Waals surface area contributed by atoms with E-state index in [0.29, 0.717) is 0 Å². The van der Waals surface area contributed by atoms with Gasteiger partial charge in [-0.3, -0.25) is 4.79 Å². The molecule has 1 rings (SSSR count). The lowest BCUT2D eigenvalue weighted by molar-refractivity contribution is -0.169. The van der Waals surface area contributed by atoms with Crippen LogP contribution in [0.3, 0.4) is 0 Å². The van der Waals surface area contributed by atoms with Crippen molar-refractivity contribution < 1.29 is 22.4 Å². The lowest BCUT2D eigenvalue weighted by Gasteiger charge is -2.17. The molecule has 2 nitrogen and oxygen atoms in total. The highest BCUT2D eigenvalue weighted by Gasteiger charge is 2.48. The topological polar surface area (TPSA) is 29.1 Å². The van der Waals surface area contributed by atoms with Gasteiger partial charge in [0.2, 0.25) is 0 Å². The van der Waals surface area contributed by atoms with Crippen LogP contribution >= 0.6 is 0 Å². The van der Waals surface area contributed by atoms with Crippen LogP contribution in [-0.2, 0) is 4.79 Å². The number of nitrogens with one attached hydrogen (secondary N) is 1. The lowest BCUT2D eigenvalue weighted by Crippen LogP contribution is -2.46. The van der Waals surface area contributed by atoms with Gasteiger partial charge >= 0.3 is 12.3 Å². The molecule has 6 heteroatoms. The Labute approximate surface area is 102 Å². The van der Waals surface area contributed by atoms with Gasteiger partial charge in [0.25, 0.3) is 5.91 Å². The summed E-state index contributed by atoms with van der Waals surface area (Å²) < 4.78 is 49.1. The van der Waals surface area contributed by atoms with Crippen molar-refractivity contribution in [3.05, 3.63) is 35.9 Å². The quantitative estimate of drug-likeness (QED) is 0.813. The Morgan fingerprint density at radius 1 is 1.28 bits per heavy atom. The van der Waals surface area contributed by atoms with E-state index in [1.807, 2.05) is 5.32 Å². The molecule has 1 aromatic rings. The van der Waals surface area contributed by atoms with Gasteiger partial charge in [0, 0.05) is 6.54 Å². The highest BCUT2D eigenvalue weighted by molar-refractivity contribution is 5.83. The second-order valence-electron chi connectivity index (χ2n) is 3.95. The van der Waals surface area contributed by atoms with E-state index in [4.69, 9.17) is 0 Å². The highest BCUT2D eigenvalue weighted by atomic mass is 19.3. The van der Waals surface area contributed by atoms with Crippen LogP contribution in [0.2, 0.25) is 0 Å². The number of carbonyl (C=O) groups is 1. The summed E-state index contributed by atoms with van der Waals surface area (Å²) in [4.78, 5) is 10.9. The van der Waals surface area contributed by atoms with Crippen molar-refractivity contribution >= 4 is 5.91 Å². The molecular weight excluding hydrogens is 250 g/mol. The van der Waals surface area contributed by atoms with Gasteiger partial charge in [0.1, 0.15) is 0 Å². The molecule has 0 heterocycles. The average Bonchev–Trinajstić information content (AvgIpc) is 2.36. The van der Waals surface area contributed by atoms with Gasteiger partial charge < -0.3 is 5.32 Å². The number of rotatable bonds is 5. The van der Waals surface area contributed by atoms with Gasteiger partial charge in [-0.05, 0) is 11.5 Å². The number of halogens is 4. The predicted molar refractivity (Wildman–Crippen MR) is 58.8 cm³/mol. The van der Waals surface area contributed by atoms with Crippen LogP contribution in [0, 0.1) is 0 Å².